The van der Waals surface area contributed by atoms with E-state index < -0.39 is 0 Å². The quantitative estimate of drug-likeness (QED) is 0.420. The van der Waals surface area contributed by atoms with Crippen molar-refractivity contribution < 1.29 is 9.53 Å². The zero-order valence-corrected chi connectivity index (χ0v) is 14.5. The van der Waals surface area contributed by atoms with Crippen LogP contribution in [0.25, 0.3) is 0 Å². The predicted octanol–water partition coefficient (Wildman–Crippen LogP) is 1.23. The number of hydrogen-bond acceptors (Lipinski definition) is 4. The van der Waals surface area contributed by atoms with Crippen molar-refractivity contribution in [1.29, 1.82) is 0 Å². The van der Waals surface area contributed by atoms with E-state index in [1.807, 2.05) is 6.92 Å². The van der Waals surface area contributed by atoms with E-state index in [-0.39, 0.29) is 11.9 Å². The van der Waals surface area contributed by atoms with Crippen LogP contribution in [0.4, 0.5) is 0 Å². The molecular formula is C16H32N4O2. The maximum Gasteiger partial charge on any atom is 0.310 e. The van der Waals surface area contributed by atoms with Crippen LogP contribution in [0.15, 0.2) is 4.99 Å². The molecule has 6 heteroatoms. The highest BCUT2D eigenvalue weighted by atomic mass is 16.5. The van der Waals surface area contributed by atoms with Crippen molar-refractivity contribution in [3.63, 3.8) is 0 Å². The fourth-order valence-electron chi connectivity index (χ4n) is 2.89. The second-order valence-corrected chi connectivity index (χ2v) is 5.90. The average Bonchev–Trinajstić information content (AvgIpc) is 2.57. The minimum absolute atomic E-state index is 0.185. The van der Waals surface area contributed by atoms with E-state index in [1.54, 1.807) is 7.05 Å². The molecule has 0 aliphatic carbocycles. The molecule has 1 aliphatic rings. The summed E-state index contributed by atoms with van der Waals surface area (Å²) in [6, 6.07) is 0.727. The molecule has 128 valence electrons. The Labute approximate surface area is 134 Å². The van der Waals surface area contributed by atoms with Gasteiger partial charge in [0, 0.05) is 32.7 Å². The summed E-state index contributed by atoms with van der Waals surface area (Å²) in [4.78, 5) is 18.1. The molecular weight excluding hydrogens is 280 g/mol. The third kappa shape index (κ3) is 6.22. The molecule has 0 aromatic heterocycles. The number of piperidine rings is 1. The van der Waals surface area contributed by atoms with Crippen molar-refractivity contribution in [2.24, 2.45) is 10.9 Å². The molecule has 2 atom stereocenters. The van der Waals surface area contributed by atoms with E-state index in [0.29, 0.717) is 6.54 Å². The van der Waals surface area contributed by atoms with Gasteiger partial charge in [-0.05, 0) is 25.8 Å². The van der Waals surface area contributed by atoms with E-state index in [1.165, 1.54) is 39.3 Å². The fourth-order valence-corrected chi connectivity index (χ4v) is 2.89. The first-order valence-electron chi connectivity index (χ1n) is 8.38. The number of methoxy groups -OCH3 is 1. The minimum Gasteiger partial charge on any atom is -0.469 e. The number of esters is 1. The molecule has 2 N–H and O–H groups in total. The van der Waals surface area contributed by atoms with Crippen molar-refractivity contribution in [3.8, 4) is 0 Å². The Kier molecular flexibility index (Phi) is 8.89. The molecule has 0 radical (unpaired) electrons. The van der Waals surface area contributed by atoms with Crippen LogP contribution < -0.4 is 10.6 Å². The van der Waals surface area contributed by atoms with E-state index >= 15 is 0 Å². The third-order valence-electron chi connectivity index (χ3n) is 4.31. The molecule has 1 aliphatic heterocycles. The van der Waals surface area contributed by atoms with Gasteiger partial charge in [0.05, 0.1) is 13.0 Å². The Morgan fingerprint density at radius 3 is 2.82 bits per heavy atom. The Balaban J connectivity index is 2.27. The van der Waals surface area contributed by atoms with Gasteiger partial charge >= 0.3 is 5.97 Å². The highest BCUT2D eigenvalue weighted by Crippen LogP contribution is 2.18. The molecule has 1 fully saturated rings. The van der Waals surface area contributed by atoms with Crippen molar-refractivity contribution in [2.75, 3.05) is 40.3 Å². The maximum atomic E-state index is 11.4. The topological polar surface area (TPSA) is 66.0 Å². The van der Waals surface area contributed by atoms with Gasteiger partial charge in [-0.2, -0.15) is 0 Å². The first-order valence-corrected chi connectivity index (χ1v) is 8.38. The number of guanidine groups is 1. The zero-order chi connectivity index (χ0) is 16.4. The summed E-state index contributed by atoms with van der Waals surface area (Å²) in [5.74, 6) is 0.345. The molecule has 2 unspecified atom stereocenters. The smallest absolute Gasteiger partial charge is 0.310 e. The Hall–Kier alpha value is -1.30. The lowest BCUT2D eigenvalue weighted by Gasteiger charge is -2.35. The van der Waals surface area contributed by atoms with Gasteiger partial charge in [0.15, 0.2) is 5.96 Å². The molecule has 0 amide bonds. The van der Waals surface area contributed by atoms with Gasteiger partial charge in [-0.15, -0.1) is 0 Å². The lowest BCUT2D eigenvalue weighted by atomic mass is 10.0. The summed E-state index contributed by atoms with van der Waals surface area (Å²) < 4.78 is 4.72. The van der Waals surface area contributed by atoms with Gasteiger partial charge in [-0.3, -0.25) is 14.7 Å². The lowest BCUT2D eigenvalue weighted by Crippen LogP contribution is -2.46. The number of ether oxygens (including phenoxy) is 1. The van der Waals surface area contributed by atoms with E-state index in [0.717, 1.165) is 25.1 Å². The number of aliphatic imine (C=N–C) groups is 1. The SMILES string of the molecule is CCC1CCCCN1CCNC(=NC)NCC(C)C(=O)OC. The normalized spacial score (nSPS) is 21.3. The average molecular weight is 312 g/mol. The number of rotatable bonds is 7. The van der Waals surface area contributed by atoms with Crippen LogP contribution >= 0.6 is 0 Å². The van der Waals surface area contributed by atoms with Crippen LogP contribution in [0.1, 0.15) is 39.5 Å². The summed E-state index contributed by atoms with van der Waals surface area (Å²) in [5, 5.41) is 6.49. The van der Waals surface area contributed by atoms with Crippen molar-refractivity contribution in [2.45, 2.75) is 45.6 Å². The highest BCUT2D eigenvalue weighted by Gasteiger charge is 2.20. The fraction of sp³-hybridized carbons (Fsp3) is 0.875. The summed E-state index contributed by atoms with van der Waals surface area (Å²) >= 11 is 0. The standard InChI is InChI=1S/C16H32N4O2/c1-5-14-8-6-7-10-20(14)11-9-18-16(17-3)19-12-13(2)15(21)22-4/h13-14H,5-12H2,1-4H3,(H2,17,18,19). The second-order valence-electron chi connectivity index (χ2n) is 5.90. The number of nitrogens with zero attached hydrogens (tertiary/aromatic N) is 2. The van der Waals surface area contributed by atoms with Crippen molar-refractivity contribution in [3.05, 3.63) is 0 Å². The monoisotopic (exact) mass is 312 g/mol. The molecule has 0 aromatic carbocycles. The molecule has 0 bridgehead atoms. The molecule has 1 heterocycles. The maximum absolute atomic E-state index is 11.4. The van der Waals surface area contributed by atoms with E-state index in [2.05, 4.69) is 27.4 Å². The molecule has 0 saturated carbocycles. The van der Waals surface area contributed by atoms with Crippen LogP contribution in [-0.2, 0) is 9.53 Å². The third-order valence-corrected chi connectivity index (χ3v) is 4.31. The molecule has 22 heavy (non-hydrogen) atoms. The first kappa shape index (κ1) is 18.7. The number of likely N-dealkylation sites (tertiary alicyclic amines) is 1. The number of carbonyl (C=O) groups excluding carboxylic acids is 1. The number of hydrogen-bond donors (Lipinski definition) is 2. The summed E-state index contributed by atoms with van der Waals surface area (Å²) in [6.07, 6.45) is 5.21. The minimum atomic E-state index is -0.206. The second kappa shape index (κ2) is 10.4. The van der Waals surface area contributed by atoms with Crippen LogP contribution in [0.3, 0.4) is 0 Å². The largest absolute Gasteiger partial charge is 0.469 e. The number of nitrogens with one attached hydrogen (secondary N) is 2. The molecule has 0 aromatic rings. The van der Waals surface area contributed by atoms with Crippen LogP contribution in [0.5, 0.6) is 0 Å². The van der Waals surface area contributed by atoms with Crippen LogP contribution in [0, 0.1) is 5.92 Å². The summed E-state index contributed by atoms with van der Waals surface area (Å²) in [7, 11) is 3.16. The predicted molar refractivity (Wildman–Crippen MR) is 90.0 cm³/mol. The molecule has 6 nitrogen and oxygen atoms in total. The first-order chi connectivity index (χ1) is 10.6. The summed E-state index contributed by atoms with van der Waals surface area (Å²) in [5.41, 5.74) is 0. The van der Waals surface area contributed by atoms with Crippen molar-refractivity contribution in [1.82, 2.24) is 15.5 Å². The van der Waals surface area contributed by atoms with Gasteiger partial charge in [0.25, 0.3) is 0 Å². The molecule has 1 saturated heterocycles. The van der Waals surface area contributed by atoms with E-state index in [4.69, 9.17) is 4.74 Å². The van der Waals surface area contributed by atoms with Crippen LogP contribution in [-0.4, -0.2) is 63.2 Å². The van der Waals surface area contributed by atoms with E-state index in [9.17, 15) is 4.79 Å². The van der Waals surface area contributed by atoms with Gasteiger partial charge < -0.3 is 15.4 Å². The number of carbonyl (C=O) groups is 1. The van der Waals surface area contributed by atoms with Gasteiger partial charge in [-0.1, -0.05) is 20.3 Å². The molecule has 1 rings (SSSR count). The highest BCUT2D eigenvalue weighted by molar-refractivity contribution is 5.80. The van der Waals surface area contributed by atoms with Gasteiger partial charge in [0.2, 0.25) is 0 Å². The zero-order valence-electron chi connectivity index (χ0n) is 14.5. The van der Waals surface area contributed by atoms with Crippen LogP contribution in [0.2, 0.25) is 0 Å². The Morgan fingerprint density at radius 2 is 2.18 bits per heavy atom. The Morgan fingerprint density at radius 1 is 1.41 bits per heavy atom. The van der Waals surface area contributed by atoms with Crippen molar-refractivity contribution >= 4 is 11.9 Å². The molecule has 0 spiro atoms. The van der Waals surface area contributed by atoms with Gasteiger partial charge in [0.1, 0.15) is 0 Å². The Bertz CT molecular complexity index is 360. The lowest BCUT2D eigenvalue weighted by molar-refractivity contribution is -0.144. The summed E-state index contributed by atoms with van der Waals surface area (Å²) in [6.45, 7) is 7.73. The van der Waals surface area contributed by atoms with Gasteiger partial charge in [-0.25, -0.2) is 0 Å².